The zero-order chi connectivity index (χ0) is 44.1. The largest absolute Gasteiger partial charge is 0.288 e. The third-order valence-electron chi connectivity index (χ3n) is 12.3. The van der Waals surface area contributed by atoms with Crippen molar-refractivity contribution in [1.29, 1.82) is 0 Å². The molecule has 0 heterocycles. The molecular weight excluding hydrogens is 781 g/mol. The predicted octanol–water partition coefficient (Wildman–Crippen LogP) is 16.9. The molecule has 326 valence electrons. The number of aliphatic imine (C=N–C) groups is 2. The van der Waals surface area contributed by atoms with Gasteiger partial charge in [0.1, 0.15) is 0 Å². The molecule has 0 saturated heterocycles. The Morgan fingerprint density at radius 3 is 1.15 bits per heavy atom. The van der Waals surface area contributed by atoms with Crippen LogP contribution >= 0.6 is 21.6 Å². The van der Waals surface area contributed by atoms with Gasteiger partial charge in [-0.2, -0.15) is 0 Å². The van der Waals surface area contributed by atoms with Crippen molar-refractivity contribution in [2.24, 2.45) is 9.98 Å². The Balaban J connectivity index is 1.57. The van der Waals surface area contributed by atoms with Gasteiger partial charge in [0, 0.05) is 33.8 Å². The summed E-state index contributed by atoms with van der Waals surface area (Å²) in [5, 5.41) is 0. The molecule has 60 heavy (non-hydrogen) atoms. The van der Waals surface area contributed by atoms with Gasteiger partial charge in [-0.25, -0.2) is 9.98 Å². The van der Waals surface area contributed by atoms with Crippen molar-refractivity contribution in [2.75, 3.05) is 0 Å². The number of hydrogen-bond donors (Lipinski definition) is 0. The second kappa shape index (κ2) is 21.8. The molecule has 0 aliphatic rings. The molecule has 0 aliphatic carbocycles. The summed E-state index contributed by atoms with van der Waals surface area (Å²) in [6.07, 6.45) is 7.03. The molecule has 0 bridgehead atoms. The SMILES string of the molecule is CCCC(=Nc1ccccc1SSc1ccccc1N=C(CCC)OOc1ccc(C(C)(C)CC)cc1C(C)(C)CC)OOc1ccc(C(C)(C)CC)cc1C(C)(C)CC. The summed E-state index contributed by atoms with van der Waals surface area (Å²) in [6, 6.07) is 29.4. The van der Waals surface area contributed by atoms with Gasteiger partial charge in [0.15, 0.2) is 11.5 Å². The van der Waals surface area contributed by atoms with Crippen LogP contribution in [0, 0.1) is 0 Å². The fourth-order valence-electron chi connectivity index (χ4n) is 6.34. The molecule has 0 aliphatic heterocycles. The summed E-state index contributed by atoms with van der Waals surface area (Å²) in [7, 11) is 3.28. The summed E-state index contributed by atoms with van der Waals surface area (Å²) in [5.74, 6) is 2.53. The van der Waals surface area contributed by atoms with Gasteiger partial charge in [-0.1, -0.05) is 167 Å². The molecule has 4 rings (SSSR count). The molecule has 0 aromatic heterocycles. The predicted molar refractivity (Wildman–Crippen MR) is 258 cm³/mol. The lowest BCUT2D eigenvalue weighted by Gasteiger charge is -2.30. The van der Waals surface area contributed by atoms with Gasteiger partial charge in [-0.3, -0.25) is 19.6 Å². The van der Waals surface area contributed by atoms with Gasteiger partial charge in [-0.15, -0.1) is 0 Å². The Morgan fingerprint density at radius 2 is 0.817 bits per heavy atom. The van der Waals surface area contributed by atoms with Gasteiger partial charge in [-0.05, 0) is 108 Å². The normalized spacial score (nSPS) is 13.0. The maximum atomic E-state index is 6.18. The van der Waals surface area contributed by atoms with Crippen molar-refractivity contribution in [3.8, 4) is 11.5 Å². The molecule has 0 N–H and O–H groups in total. The van der Waals surface area contributed by atoms with Crippen molar-refractivity contribution in [3.63, 3.8) is 0 Å². The highest BCUT2D eigenvalue weighted by Crippen LogP contribution is 2.46. The quantitative estimate of drug-likeness (QED) is 0.0274. The van der Waals surface area contributed by atoms with Crippen LogP contribution in [-0.4, -0.2) is 11.8 Å². The monoisotopic (exact) mass is 852 g/mol. The molecule has 0 fully saturated rings. The highest BCUT2D eigenvalue weighted by Gasteiger charge is 2.29. The summed E-state index contributed by atoms with van der Waals surface area (Å²) in [5.41, 5.74) is 6.47. The van der Waals surface area contributed by atoms with Crippen molar-refractivity contribution in [1.82, 2.24) is 0 Å². The maximum Gasteiger partial charge on any atom is 0.246 e. The van der Waals surface area contributed by atoms with Crippen LogP contribution in [0.3, 0.4) is 0 Å². The van der Waals surface area contributed by atoms with E-state index in [1.165, 1.54) is 11.1 Å². The van der Waals surface area contributed by atoms with Gasteiger partial charge in [0.25, 0.3) is 0 Å². The molecule has 0 unspecified atom stereocenters. The highest BCUT2D eigenvalue weighted by atomic mass is 33.1. The average Bonchev–Trinajstić information content (AvgIpc) is 3.24. The van der Waals surface area contributed by atoms with E-state index in [-0.39, 0.29) is 21.7 Å². The highest BCUT2D eigenvalue weighted by molar-refractivity contribution is 8.76. The molecule has 0 saturated carbocycles. The van der Waals surface area contributed by atoms with Crippen molar-refractivity contribution < 1.29 is 19.6 Å². The smallest absolute Gasteiger partial charge is 0.246 e. The van der Waals surface area contributed by atoms with Crippen molar-refractivity contribution >= 4 is 44.8 Å². The second-order valence-corrected chi connectivity index (χ2v) is 20.5. The van der Waals surface area contributed by atoms with E-state index >= 15 is 0 Å². The van der Waals surface area contributed by atoms with E-state index in [0.717, 1.165) is 82.3 Å². The zero-order valence-corrected chi connectivity index (χ0v) is 40.7. The Morgan fingerprint density at radius 1 is 0.467 bits per heavy atom. The van der Waals surface area contributed by atoms with Crippen LogP contribution < -0.4 is 9.78 Å². The van der Waals surface area contributed by atoms with E-state index < -0.39 is 0 Å². The minimum absolute atomic E-state index is 0.0637. The fraction of sp³-hybridized carbons (Fsp3) is 0.500. The number of hydrogen-bond acceptors (Lipinski definition) is 8. The maximum absolute atomic E-state index is 6.18. The van der Waals surface area contributed by atoms with E-state index in [0.29, 0.717) is 24.6 Å². The van der Waals surface area contributed by atoms with E-state index in [1.807, 2.05) is 36.4 Å². The first-order valence-electron chi connectivity index (χ1n) is 22.1. The first kappa shape index (κ1) is 48.8. The first-order chi connectivity index (χ1) is 28.4. The number of rotatable bonds is 21. The third-order valence-corrected chi connectivity index (χ3v) is 14.8. The van der Waals surface area contributed by atoms with E-state index in [4.69, 9.17) is 29.5 Å². The molecule has 4 aromatic carbocycles. The topological polar surface area (TPSA) is 61.6 Å². The van der Waals surface area contributed by atoms with Crippen LogP contribution in [-0.2, 0) is 31.4 Å². The molecule has 8 heteroatoms. The van der Waals surface area contributed by atoms with Crippen LogP contribution in [0.2, 0.25) is 0 Å². The Hall–Kier alpha value is -3.88. The molecule has 0 amide bonds. The second-order valence-electron chi connectivity index (χ2n) is 18.3. The van der Waals surface area contributed by atoms with Crippen LogP contribution in [0.4, 0.5) is 11.4 Å². The molecule has 0 radical (unpaired) electrons. The van der Waals surface area contributed by atoms with Crippen LogP contribution in [0.1, 0.15) is 171 Å². The lowest BCUT2D eigenvalue weighted by molar-refractivity contribution is -0.120. The molecule has 6 nitrogen and oxygen atoms in total. The summed E-state index contributed by atoms with van der Waals surface area (Å²) >= 11 is 0. The van der Waals surface area contributed by atoms with Gasteiger partial charge < -0.3 is 0 Å². The standard InChI is InChI=1S/C52H72N2O4S2/c1-15-25-47(57-55-43-33-31-37(49(7,8)17-3)35-39(43)51(11,12)19-5)53-41-27-21-23-29-45(41)59-60-46-30-24-22-28-42(46)54-48(26-16-2)58-56-44-34-32-38(50(9,10)18-4)36-40(44)52(13,14)20-6/h21-24,27-36H,15-20,25-26H2,1-14H3. The average molecular weight is 853 g/mol. The van der Waals surface area contributed by atoms with E-state index in [1.54, 1.807) is 21.6 Å². The Labute approximate surface area is 371 Å². The molecule has 0 spiro atoms. The van der Waals surface area contributed by atoms with E-state index in [2.05, 4.69) is 145 Å². The first-order valence-corrected chi connectivity index (χ1v) is 24.3. The van der Waals surface area contributed by atoms with Crippen LogP contribution in [0.25, 0.3) is 0 Å². The molecule has 0 atom stereocenters. The third kappa shape index (κ3) is 12.8. The Bertz CT molecular complexity index is 1920. The van der Waals surface area contributed by atoms with Crippen LogP contribution in [0.15, 0.2) is 105 Å². The number of benzene rings is 4. The lowest BCUT2D eigenvalue weighted by atomic mass is 9.76. The van der Waals surface area contributed by atoms with Crippen molar-refractivity contribution in [3.05, 3.63) is 107 Å². The number of para-hydroxylation sites is 2. The summed E-state index contributed by atoms with van der Waals surface area (Å²) in [6.45, 7) is 31.4. The van der Waals surface area contributed by atoms with Gasteiger partial charge in [0.05, 0.1) is 11.4 Å². The Kier molecular flexibility index (Phi) is 17.7. The van der Waals surface area contributed by atoms with Gasteiger partial charge >= 0.3 is 0 Å². The van der Waals surface area contributed by atoms with Crippen molar-refractivity contribution in [2.45, 2.75) is 180 Å². The zero-order valence-electron chi connectivity index (χ0n) is 39.1. The number of nitrogens with zero attached hydrogens (tertiary/aromatic N) is 2. The van der Waals surface area contributed by atoms with Gasteiger partial charge in [0.2, 0.25) is 11.8 Å². The molecular formula is C52H72N2O4S2. The minimum Gasteiger partial charge on any atom is -0.288 e. The molecule has 4 aromatic rings. The summed E-state index contributed by atoms with van der Waals surface area (Å²) < 4.78 is 0. The van der Waals surface area contributed by atoms with E-state index in [9.17, 15) is 0 Å². The lowest BCUT2D eigenvalue weighted by Crippen LogP contribution is -2.21. The van der Waals surface area contributed by atoms with Crippen LogP contribution in [0.5, 0.6) is 11.5 Å². The fourth-order valence-corrected chi connectivity index (χ4v) is 8.57. The summed E-state index contributed by atoms with van der Waals surface area (Å²) in [4.78, 5) is 36.6. The minimum atomic E-state index is -0.0920.